The Bertz CT molecular complexity index is 234. The molecule has 1 heterocycles. The Labute approximate surface area is 69.4 Å². The van der Waals surface area contributed by atoms with Gasteiger partial charge in [-0.15, -0.1) is 0 Å². The second-order valence-corrected chi connectivity index (χ2v) is 2.49. The van der Waals surface area contributed by atoms with Crippen LogP contribution < -0.4 is 5.32 Å². The quantitative estimate of drug-likeness (QED) is 0.735. The van der Waals surface area contributed by atoms with Gasteiger partial charge >= 0.3 is 0 Å². The van der Waals surface area contributed by atoms with Crippen molar-refractivity contribution in [3.63, 3.8) is 0 Å². The van der Waals surface area contributed by atoms with Crippen LogP contribution in [0.3, 0.4) is 0 Å². The second kappa shape index (κ2) is 4.15. The first-order chi connectivity index (χ1) is 5.72. The number of rotatable bonds is 4. The highest BCUT2D eigenvalue weighted by atomic mass is 19.3. The summed E-state index contributed by atoms with van der Waals surface area (Å²) in [7, 11) is 1.80. The van der Waals surface area contributed by atoms with Crippen molar-refractivity contribution in [3.05, 3.63) is 18.0 Å². The molecule has 1 aromatic rings. The number of nitrogens with zero attached hydrogens (tertiary/aromatic N) is 2. The van der Waals surface area contributed by atoms with Crippen LogP contribution in [0.4, 0.5) is 8.78 Å². The highest BCUT2D eigenvalue weighted by Crippen LogP contribution is 2.00. The van der Waals surface area contributed by atoms with E-state index in [0.29, 0.717) is 6.54 Å². The van der Waals surface area contributed by atoms with Crippen molar-refractivity contribution in [1.29, 1.82) is 0 Å². The minimum absolute atomic E-state index is 0.330. The molecule has 0 radical (unpaired) electrons. The molecule has 12 heavy (non-hydrogen) atoms. The average molecular weight is 175 g/mol. The minimum atomic E-state index is -2.34. The van der Waals surface area contributed by atoms with Crippen LogP contribution in [0.15, 0.2) is 12.4 Å². The van der Waals surface area contributed by atoms with E-state index in [1.165, 1.54) is 4.68 Å². The molecule has 1 rings (SSSR count). The summed E-state index contributed by atoms with van der Waals surface area (Å²) in [5.41, 5.74) is 0.915. The highest BCUT2D eigenvalue weighted by molar-refractivity contribution is 5.02. The van der Waals surface area contributed by atoms with E-state index in [2.05, 4.69) is 10.4 Å². The SMILES string of the molecule is CNCc1cnn(CC(F)F)c1. The lowest BCUT2D eigenvalue weighted by Gasteiger charge is -1.97. The highest BCUT2D eigenvalue weighted by Gasteiger charge is 2.04. The van der Waals surface area contributed by atoms with Crippen LogP contribution >= 0.6 is 0 Å². The predicted octanol–water partition coefficient (Wildman–Crippen LogP) is 0.868. The molecule has 0 aliphatic carbocycles. The standard InChI is InChI=1S/C7H11F2N3/c1-10-2-6-3-11-12(4-6)5-7(8)9/h3-4,7,10H,2,5H2,1H3. The first-order valence-electron chi connectivity index (χ1n) is 3.66. The van der Waals surface area contributed by atoms with Gasteiger partial charge in [0.25, 0.3) is 6.43 Å². The zero-order valence-corrected chi connectivity index (χ0v) is 6.80. The maximum atomic E-state index is 11.8. The Morgan fingerprint density at radius 1 is 1.67 bits per heavy atom. The summed E-state index contributed by atoms with van der Waals surface area (Å²) >= 11 is 0. The fraction of sp³-hybridized carbons (Fsp3) is 0.571. The lowest BCUT2D eigenvalue weighted by Crippen LogP contribution is -2.07. The van der Waals surface area contributed by atoms with Crippen LogP contribution in [0.25, 0.3) is 0 Å². The van der Waals surface area contributed by atoms with E-state index in [9.17, 15) is 8.78 Å². The third-order valence-corrected chi connectivity index (χ3v) is 1.39. The van der Waals surface area contributed by atoms with E-state index in [1.807, 2.05) is 0 Å². The van der Waals surface area contributed by atoms with Gasteiger partial charge in [0.2, 0.25) is 0 Å². The Morgan fingerprint density at radius 3 is 3.00 bits per heavy atom. The molecule has 5 heteroatoms. The fourth-order valence-corrected chi connectivity index (χ4v) is 0.943. The van der Waals surface area contributed by atoms with E-state index < -0.39 is 6.43 Å². The van der Waals surface area contributed by atoms with Crippen molar-refractivity contribution in [2.45, 2.75) is 19.5 Å². The molecular weight excluding hydrogens is 164 g/mol. The normalized spacial score (nSPS) is 11.0. The van der Waals surface area contributed by atoms with Crippen molar-refractivity contribution < 1.29 is 8.78 Å². The summed E-state index contributed by atoms with van der Waals surface area (Å²) in [4.78, 5) is 0. The number of nitrogens with one attached hydrogen (secondary N) is 1. The van der Waals surface area contributed by atoms with Gasteiger partial charge in [0.1, 0.15) is 6.54 Å². The first kappa shape index (κ1) is 9.12. The van der Waals surface area contributed by atoms with Gasteiger partial charge in [-0.3, -0.25) is 4.68 Å². The summed E-state index contributed by atoms with van der Waals surface area (Å²) in [5.74, 6) is 0. The molecule has 0 amide bonds. The summed E-state index contributed by atoms with van der Waals surface area (Å²) < 4.78 is 24.9. The Hall–Kier alpha value is -0.970. The van der Waals surface area contributed by atoms with Gasteiger partial charge in [-0.05, 0) is 7.05 Å². The molecule has 0 aliphatic heterocycles. The number of hydrogen-bond acceptors (Lipinski definition) is 2. The van der Waals surface area contributed by atoms with Gasteiger partial charge < -0.3 is 5.32 Å². The van der Waals surface area contributed by atoms with Crippen LogP contribution in [0.2, 0.25) is 0 Å². The molecule has 0 fully saturated rings. The van der Waals surface area contributed by atoms with Gasteiger partial charge in [-0.1, -0.05) is 0 Å². The van der Waals surface area contributed by atoms with Crippen molar-refractivity contribution in [1.82, 2.24) is 15.1 Å². The van der Waals surface area contributed by atoms with Crippen LogP contribution in [-0.2, 0) is 13.1 Å². The van der Waals surface area contributed by atoms with Gasteiger partial charge in [0.05, 0.1) is 6.20 Å². The zero-order valence-electron chi connectivity index (χ0n) is 6.80. The van der Waals surface area contributed by atoms with Crippen LogP contribution in [0.1, 0.15) is 5.56 Å². The number of aromatic nitrogens is 2. The average Bonchev–Trinajstić information content (AvgIpc) is 2.36. The van der Waals surface area contributed by atoms with Crippen molar-refractivity contribution >= 4 is 0 Å². The third kappa shape index (κ3) is 2.58. The predicted molar refractivity (Wildman–Crippen MR) is 41.0 cm³/mol. The summed E-state index contributed by atoms with van der Waals surface area (Å²) in [5, 5.41) is 6.68. The summed E-state index contributed by atoms with van der Waals surface area (Å²) in [6.45, 7) is 0.326. The molecule has 0 saturated heterocycles. The molecule has 0 unspecified atom stereocenters. The second-order valence-electron chi connectivity index (χ2n) is 2.49. The van der Waals surface area contributed by atoms with Crippen LogP contribution in [-0.4, -0.2) is 23.3 Å². The largest absolute Gasteiger partial charge is 0.316 e. The molecule has 0 bridgehead atoms. The zero-order chi connectivity index (χ0) is 8.97. The molecule has 0 spiro atoms. The van der Waals surface area contributed by atoms with Crippen molar-refractivity contribution in [2.24, 2.45) is 0 Å². The van der Waals surface area contributed by atoms with E-state index in [0.717, 1.165) is 5.56 Å². The van der Waals surface area contributed by atoms with E-state index in [-0.39, 0.29) is 6.54 Å². The van der Waals surface area contributed by atoms with Gasteiger partial charge in [-0.2, -0.15) is 5.10 Å². The molecule has 1 N–H and O–H groups in total. The van der Waals surface area contributed by atoms with Crippen molar-refractivity contribution in [3.8, 4) is 0 Å². The number of alkyl halides is 2. The molecule has 3 nitrogen and oxygen atoms in total. The Balaban J connectivity index is 2.52. The molecule has 0 atom stereocenters. The monoisotopic (exact) mass is 175 g/mol. The number of halogens is 2. The number of hydrogen-bond donors (Lipinski definition) is 1. The smallest absolute Gasteiger partial charge is 0.257 e. The van der Waals surface area contributed by atoms with Crippen LogP contribution in [0, 0.1) is 0 Å². The van der Waals surface area contributed by atoms with Gasteiger partial charge in [0, 0.05) is 18.3 Å². The van der Waals surface area contributed by atoms with E-state index in [4.69, 9.17) is 0 Å². The minimum Gasteiger partial charge on any atom is -0.316 e. The topological polar surface area (TPSA) is 29.9 Å². The van der Waals surface area contributed by atoms with E-state index in [1.54, 1.807) is 19.4 Å². The Kier molecular flexibility index (Phi) is 3.16. The van der Waals surface area contributed by atoms with Crippen LogP contribution in [0.5, 0.6) is 0 Å². The Morgan fingerprint density at radius 2 is 2.42 bits per heavy atom. The van der Waals surface area contributed by atoms with Gasteiger partial charge in [-0.25, -0.2) is 8.78 Å². The summed E-state index contributed by atoms with van der Waals surface area (Å²) in [6, 6.07) is 0. The maximum absolute atomic E-state index is 11.8. The molecule has 1 aromatic heterocycles. The fourth-order valence-electron chi connectivity index (χ4n) is 0.943. The third-order valence-electron chi connectivity index (χ3n) is 1.39. The lowest BCUT2D eigenvalue weighted by atomic mass is 10.4. The summed E-state index contributed by atoms with van der Waals surface area (Å²) in [6.07, 6.45) is 0.856. The molecule has 0 aliphatic rings. The molecule has 0 saturated carbocycles. The van der Waals surface area contributed by atoms with E-state index >= 15 is 0 Å². The van der Waals surface area contributed by atoms with Crippen molar-refractivity contribution in [2.75, 3.05) is 7.05 Å². The lowest BCUT2D eigenvalue weighted by molar-refractivity contribution is 0.122. The maximum Gasteiger partial charge on any atom is 0.257 e. The van der Waals surface area contributed by atoms with Gasteiger partial charge in [0.15, 0.2) is 0 Å². The first-order valence-corrected chi connectivity index (χ1v) is 3.66. The molecule has 0 aromatic carbocycles. The molecular formula is C7H11F2N3. The molecule has 68 valence electrons.